The number of pyridine rings is 1. The van der Waals surface area contributed by atoms with Gasteiger partial charge in [-0.25, -0.2) is 15.0 Å². The zero-order chi connectivity index (χ0) is 20.1. The number of carbonyl (C=O) groups is 1. The van der Waals surface area contributed by atoms with Gasteiger partial charge < -0.3 is 16.4 Å². The maximum atomic E-state index is 12.6. The first-order valence-electron chi connectivity index (χ1n) is 9.18. The van der Waals surface area contributed by atoms with Gasteiger partial charge in [-0.1, -0.05) is 12.1 Å². The molecule has 1 atom stereocenters. The fraction of sp³-hybridized carbons (Fsp3) is 0.238. The summed E-state index contributed by atoms with van der Waals surface area (Å²) < 4.78 is 0. The average Bonchev–Trinajstić information content (AvgIpc) is 2.68. The van der Waals surface area contributed by atoms with E-state index in [1.807, 2.05) is 45.0 Å². The summed E-state index contributed by atoms with van der Waals surface area (Å²) in [5.74, 6) is 1.74. The monoisotopic (exact) mass is 376 g/mol. The minimum absolute atomic E-state index is 0.157. The van der Waals surface area contributed by atoms with Gasteiger partial charge in [0.2, 0.25) is 0 Å². The fourth-order valence-electron chi connectivity index (χ4n) is 2.83. The number of nitrogens with one attached hydrogen (secondary N) is 2. The summed E-state index contributed by atoms with van der Waals surface area (Å²) in [6.07, 6.45) is 1.71. The third-order valence-electron chi connectivity index (χ3n) is 4.27. The molecule has 3 rings (SSSR count). The summed E-state index contributed by atoms with van der Waals surface area (Å²) in [6, 6.07) is 12.6. The van der Waals surface area contributed by atoms with Crippen molar-refractivity contribution in [1.29, 1.82) is 0 Å². The second-order valence-corrected chi connectivity index (χ2v) is 6.50. The Morgan fingerprint density at radius 1 is 1.11 bits per heavy atom. The summed E-state index contributed by atoms with van der Waals surface area (Å²) in [5.41, 5.74) is 8.88. The molecule has 0 saturated heterocycles. The molecule has 0 aliphatic rings. The minimum Gasteiger partial charge on any atom is -0.384 e. The molecule has 0 aliphatic heterocycles. The number of hydrogen-bond donors (Lipinski definition) is 3. The summed E-state index contributed by atoms with van der Waals surface area (Å²) in [6.45, 7) is 6.52. The molecule has 4 N–H and O–H groups in total. The summed E-state index contributed by atoms with van der Waals surface area (Å²) in [5, 5.41) is 6.17. The molecule has 144 valence electrons. The second-order valence-electron chi connectivity index (χ2n) is 6.50. The molecule has 2 heterocycles. The van der Waals surface area contributed by atoms with E-state index in [1.165, 1.54) is 0 Å². The topological polar surface area (TPSA) is 106 Å². The van der Waals surface area contributed by atoms with Crippen LogP contribution in [0.15, 0.2) is 48.7 Å². The number of carbonyl (C=O) groups excluding carboxylic acids is 1. The zero-order valence-electron chi connectivity index (χ0n) is 16.2. The maximum absolute atomic E-state index is 12.6. The maximum Gasteiger partial charge on any atom is 0.251 e. The SMILES string of the molecule is CCNc1cc(C(C)NC(=O)c2ccc(-c3ccc(N)nc3)cc2)nc(C)n1. The van der Waals surface area contributed by atoms with Crippen molar-refractivity contribution in [3.63, 3.8) is 0 Å². The fourth-order valence-corrected chi connectivity index (χ4v) is 2.83. The van der Waals surface area contributed by atoms with Crippen molar-refractivity contribution in [2.45, 2.75) is 26.8 Å². The molecule has 0 radical (unpaired) electrons. The largest absolute Gasteiger partial charge is 0.384 e. The van der Waals surface area contributed by atoms with Crippen LogP contribution in [0.1, 0.15) is 41.8 Å². The number of nitrogens with zero attached hydrogens (tertiary/aromatic N) is 3. The van der Waals surface area contributed by atoms with E-state index in [1.54, 1.807) is 24.4 Å². The lowest BCUT2D eigenvalue weighted by Crippen LogP contribution is -2.27. The number of nitrogens with two attached hydrogens (primary N) is 1. The van der Waals surface area contributed by atoms with Crippen LogP contribution in [0.4, 0.5) is 11.6 Å². The molecule has 0 fully saturated rings. The van der Waals surface area contributed by atoms with Crippen LogP contribution in [0, 0.1) is 6.92 Å². The highest BCUT2D eigenvalue weighted by atomic mass is 16.1. The van der Waals surface area contributed by atoms with E-state index in [9.17, 15) is 4.79 Å². The number of amides is 1. The number of benzene rings is 1. The van der Waals surface area contributed by atoms with E-state index in [-0.39, 0.29) is 11.9 Å². The number of hydrogen-bond acceptors (Lipinski definition) is 6. The molecular weight excluding hydrogens is 352 g/mol. The number of nitrogen functional groups attached to an aromatic ring is 1. The van der Waals surface area contributed by atoms with Crippen molar-refractivity contribution in [2.75, 3.05) is 17.6 Å². The van der Waals surface area contributed by atoms with Gasteiger partial charge in [0.15, 0.2) is 0 Å². The molecule has 1 amide bonds. The Hall–Kier alpha value is -3.48. The molecule has 2 aromatic heterocycles. The predicted molar refractivity (Wildman–Crippen MR) is 111 cm³/mol. The van der Waals surface area contributed by atoms with Gasteiger partial charge >= 0.3 is 0 Å². The molecule has 0 bridgehead atoms. The van der Waals surface area contributed by atoms with Gasteiger partial charge in [0.1, 0.15) is 17.5 Å². The number of anilines is 2. The van der Waals surface area contributed by atoms with Crippen LogP contribution in [-0.2, 0) is 0 Å². The van der Waals surface area contributed by atoms with Crippen LogP contribution in [0.5, 0.6) is 0 Å². The van der Waals surface area contributed by atoms with Crippen LogP contribution >= 0.6 is 0 Å². The van der Waals surface area contributed by atoms with Gasteiger partial charge in [-0.2, -0.15) is 0 Å². The van der Waals surface area contributed by atoms with Crippen LogP contribution in [0.25, 0.3) is 11.1 Å². The Balaban J connectivity index is 1.71. The van der Waals surface area contributed by atoms with Crippen LogP contribution < -0.4 is 16.4 Å². The van der Waals surface area contributed by atoms with Gasteiger partial charge in [0.05, 0.1) is 11.7 Å². The Morgan fingerprint density at radius 3 is 2.46 bits per heavy atom. The van der Waals surface area contributed by atoms with E-state index in [2.05, 4.69) is 25.6 Å². The van der Waals surface area contributed by atoms with Crippen LogP contribution in [-0.4, -0.2) is 27.4 Å². The van der Waals surface area contributed by atoms with Gasteiger partial charge in [0, 0.05) is 29.9 Å². The van der Waals surface area contributed by atoms with Crippen molar-refractivity contribution in [3.05, 3.63) is 65.7 Å². The van der Waals surface area contributed by atoms with Crippen molar-refractivity contribution < 1.29 is 4.79 Å². The molecule has 1 unspecified atom stereocenters. The molecule has 7 heteroatoms. The lowest BCUT2D eigenvalue weighted by Gasteiger charge is -2.15. The van der Waals surface area contributed by atoms with Gasteiger partial charge in [-0.15, -0.1) is 0 Å². The van der Waals surface area contributed by atoms with Crippen molar-refractivity contribution in [3.8, 4) is 11.1 Å². The number of rotatable bonds is 6. The molecule has 0 aliphatic carbocycles. The predicted octanol–water partition coefficient (Wildman–Crippen LogP) is 3.35. The molecule has 7 nitrogen and oxygen atoms in total. The van der Waals surface area contributed by atoms with Crippen LogP contribution in [0.3, 0.4) is 0 Å². The summed E-state index contributed by atoms with van der Waals surface area (Å²) in [4.78, 5) is 25.5. The van der Waals surface area contributed by atoms with Crippen molar-refractivity contribution in [2.24, 2.45) is 0 Å². The van der Waals surface area contributed by atoms with Crippen LogP contribution in [0.2, 0.25) is 0 Å². The van der Waals surface area contributed by atoms with E-state index < -0.39 is 0 Å². The molecule has 3 aromatic rings. The first kappa shape index (κ1) is 19.3. The first-order valence-corrected chi connectivity index (χ1v) is 9.18. The highest BCUT2D eigenvalue weighted by Gasteiger charge is 2.14. The molecule has 0 saturated carbocycles. The third kappa shape index (κ3) is 4.62. The van der Waals surface area contributed by atoms with Gasteiger partial charge in [0.25, 0.3) is 5.91 Å². The van der Waals surface area contributed by atoms with Gasteiger partial charge in [-0.3, -0.25) is 4.79 Å². The Bertz CT molecular complexity index is 954. The smallest absolute Gasteiger partial charge is 0.251 e. The Labute approximate surface area is 164 Å². The average molecular weight is 376 g/mol. The Morgan fingerprint density at radius 2 is 1.82 bits per heavy atom. The third-order valence-corrected chi connectivity index (χ3v) is 4.27. The summed E-state index contributed by atoms with van der Waals surface area (Å²) >= 11 is 0. The van der Waals surface area contributed by atoms with Gasteiger partial charge in [-0.05, 0) is 50.6 Å². The zero-order valence-corrected chi connectivity index (χ0v) is 16.2. The lowest BCUT2D eigenvalue weighted by atomic mass is 10.0. The highest BCUT2D eigenvalue weighted by molar-refractivity contribution is 5.94. The quantitative estimate of drug-likeness (QED) is 0.609. The molecular formula is C21H24N6O. The van der Waals surface area contributed by atoms with Crippen molar-refractivity contribution >= 4 is 17.5 Å². The normalized spacial score (nSPS) is 11.7. The number of aryl methyl sites for hydroxylation is 1. The van der Waals surface area contributed by atoms with Crippen molar-refractivity contribution in [1.82, 2.24) is 20.3 Å². The van der Waals surface area contributed by atoms with E-state index in [0.717, 1.165) is 29.2 Å². The number of aromatic nitrogens is 3. The van der Waals surface area contributed by atoms with E-state index in [4.69, 9.17) is 5.73 Å². The minimum atomic E-state index is -0.243. The standard InChI is InChI=1S/C21H24N6O/c1-4-23-20-11-18(26-14(3)27-20)13(2)25-21(28)16-7-5-15(6-8-16)17-9-10-19(22)24-12-17/h5-13H,4H2,1-3H3,(H2,22,24)(H,25,28)(H,23,26,27). The Kier molecular flexibility index (Phi) is 5.84. The van der Waals surface area contributed by atoms with E-state index >= 15 is 0 Å². The molecule has 0 spiro atoms. The highest BCUT2D eigenvalue weighted by Crippen LogP contribution is 2.20. The summed E-state index contributed by atoms with van der Waals surface area (Å²) in [7, 11) is 0. The molecule has 1 aromatic carbocycles. The lowest BCUT2D eigenvalue weighted by molar-refractivity contribution is 0.0939. The first-order chi connectivity index (χ1) is 13.5. The van der Waals surface area contributed by atoms with E-state index in [0.29, 0.717) is 17.2 Å². The molecule has 28 heavy (non-hydrogen) atoms. The second kappa shape index (κ2) is 8.47.